The minimum Gasteiger partial charge on any atom is -0.407 e. The maximum Gasteiger partial charge on any atom is 0.493 e. The molecule has 0 amide bonds. The van der Waals surface area contributed by atoms with E-state index < -0.39 is 0 Å². The third kappa shape index (κ3) is 2.61. The lowest BCUT2D eigenvalue weighted by atomic mass is 9.77. The number of hydrogen-bond donors (Lipinski definition) is 0. The van der Waals surface area contributed by atoms with Gasteiger partial charge in [-0.15, -0.1) is 0 Å². The van der Waals surface area contributed by atoms with Crippen molar-refractivity contribution in [2.75, 3.05) is 13.2 Å². The molecule has 0 radical (unpaired) electrons. The molecule has 1 heterocycles. The van der Waals surface area contributed by atoms with Crippen LogP contribution in [0.15, 0.2) is 24.3 Å². The summed E-state index contributed by atoms with van der Waals surface area (Å²) >= 11 is 0. The first-order valence-electron chi connectivity index (χ1n) is 5.60. The summed E-state index contributed by atoms with van der Waals surface area (Å²) in [5, 5.41) is 0. The van der Waals surface area contributed by atoms with E-state index in [1.165, 1.54) is 5.56 Å². The molecule has 0 aliphatic carbocycles. The first-order valence-corrected chi connectivity index (χ1v) is 5.60. The second-order valence-electron chi connectivity index (χ2n) is 4.25. The molecule has 1 aliphatic heterocycles. The Balaban J connectivity index is 2.08. The molecule has 2 nitrogen and oxygen atoms in total. The van der Waals surface area contributed by atoms with Gasteiger partial charge in [-0.05, 0) is 23.4 Å². The summed E-state index contributed by atoms with van der Waals surface area (Å²) in [6.45, 7) is 6.00. The first kappa shape index (κ1) is 10.7. The van der Waals surface area contributed by atoms with Crippen LogP contribution >= 0.6 is 0 Å². The first-order chi connectivity index (χ1) is 7.27. The summed E-state index contributed by atoms with van der Waals surface area (Å²) in [6.07, 6.45) is 1.00. The van der Waals surface area contributed by atoms with Gasteiger partial charge in [-0.25, -0.2) is 0 Å². The van der Waals surface area contributed by atoms with E-state index in [1.54, 1.807) is 0 Å². The molecule has 1 aliphatic rings. The van der Waals surface area contributed by atoms with Gasteiger partial charge in [0.05, 0.1) is 0 Å². The Morgan fingerprint density at radius 2 is 1.67 bits per heavy atom. The Morgan fingerprint density at radius 3 is 2.20 bits per heavy atom. The molecule has 0 spiro atoms. The van der Waals surface area contributed by atoms with Gasteiger partial charge in [0, 0.05) is 13.2 Å². The van der Waals surface area contributed by atoms with Crippen LogP contribution in [0.5, 0.6) is 0 Å². The molecule has 0 unspecified atom stereocenters. The van der Waals surface area contributed by atoms with Crippen LogP contribution in [0.4, 0.5) is 0 Å². The van der Waals surface area contributed by atoms with Gasteiger partial charge in [-0.1, -0.05) is 38.1 Å². The highest BCUT2D eigenvalue weighted by Gasteiger charge is 2.23. The average molecular weight is 204 g/mol. The molecule has 1 aromatic carbocycles. The third-order valence-electron chi connectivity index (χ3n) is 2.70. The second kappa shape index (κ2) is 4.82. The van der Waals surface area contributed by atoms with Crippen LogP contribution in [-0.4, -0.2) is 20.3 Å². The van der Waals surface area contributed by atoms with Crippen molar-refractivity contribution in [3.63, 3.8) is 0 Å². The molecule has 80 valence electrons. The monoisotopic (exact) mass is 204 g/mol. The van der Waals surface area contributed by atoms with Crippen LogP contribution in [-0.2, 0) is 9.31 Å². The Bertz CT molecular complexity index is 302. The molecule has 0 saturated carbocycles. The summed E-state index contributed by atoms with van der Waals surface area (Å²) in [4.78, 5) is 0. The highest BCUT2D eigenvalue weighted by molar-refractivity contribution is 6.61. The molecule has 0 N–H and O–H groups in total. The van der Waals surface area contributed by atoms with Gasteiger partial charge >= 0.3 is 7.12 Å². The van der Waals surface area contributed by atoms with Crippen molar-refractivity contribution in [1.29, 1.82) is 0 Å². The standard InChI is InChI=1S/C12H17BO2/c1-10(2)11-4-6-12(7-5-11)13-14-8-3-9-15-13/h4-7,10H,3,8-9H2,1-2H3. The van der Waals surface area contributed by atoms with Crippen molar-refractivity contribution in [2.45, 2.75) is 26.2 Å². The predicted molar refractivity (Wildman–Crippen MR) is 62.4 cm³/mol. The van der Waals surface area contributed by atoms with E-state index in [-0.39, 0.29) is 7.12 Å². The van der Waals surface area contributed by atoms with Crippen molar-refractivity contribution < 1.29 is 9.31 Å². The molecular formula is C12H17BO2. The molecule has 1 aromatic rings. The smallest absolute Gasteiger partial charge is 0.407 e. The third-order valence-corrected chi connectivity index (χ3v) is 2.70. The lowest BCUT2D eigenvalue weighted by Gasteiger charge is -2.20. The maximum atomic E-state index is 5.54. The van der Waals surface area contributed by atoms with Crippen molar-refractivity contribution in [1.82, 2.24) is 0 Å². The van der Waals surface area contributed by atoms with E-state index in [0.29, 0.717) is 5.92 Å². The fourth-order valence-corrected chi connectivity index (χ4v) is 1.72. The molecule has 0 atom stereocenters. The van der Waals surface area contributed by atoms with E-state index in [1.807, 2.05) is 0 Å². The van der Waals surface area contributed by atoms with Crippen LogP contribution in [0.1, 0.15) is 31.7 Å². The summed E-state index contributed by atoms with van der Waals surface area (Å²) in [5.41, 5.74) is 2.48. The van der Waals surface area contributed by atoms with E-state index >= 15 is 0 Å². The van der Waals surface area contributed by atoms with Gasteiger partial charge in [0.15, 0.2) is 0 Å². The number of benzene rings is 1. The quantitative estimate of drug-likeness (QED) is 0.685. The lowest BCUT2D eigenvalue weighted by molar-refractivity contribution is 0.143. The van der Waals surface area contributed by atoms with E-state index in [9.17, 15) is 0 Å². The summed E-state index contributed by atoms with van der Waals surface area (Å²) in [5.74, 6) is 0.576. The van der Waals surface area contributed by atoms with Gasteiger partial charge in [0.2, 0.25) is 0 Å². The van der Waals surface area contributed by atoms with Crippen molar-refractivity contribution in [3.05, 3.63) is 29.8 Å². The molecule has 1 fully saturated rings. The fraction of sp³-hybridized carbons (Fsp3) is 0.500. The Morgan fingerprint density at radius 1 is 1.07 bits per heavy atom. The molecule has 3 heteroatoms. The van der Waals surface area contributed by atoms with Crippen LogP contribution in [0.2, 0.25) is 0 Å². The van der Waals surface area contributed by atoms with E-state index in [4.69, 9.17) is 9.31 Å². The maximum absolute atomic E-state index is 5.54. The Labute approximate surface area is 91.7 Å². The molecule has 0 bridgehead atoms. The summed E-state index contributed by atoms with van der Waals surface area (Å²) < 4.78 is 11.1. The SMILES string of the molecule is CC(C)c1ccc(B2OCCCO2)cc1. The van der Waals surface area contributed by atoms with Gasteiger partial charge < -0.3 is 9.31 Å². The average Bonchev–Trinajstić information content (AvgIpc) is 2.30. The molecule has 1 saturated heterocycles. The minimum absolute atomic E-state index is 0.153. The Hall–Kier alpha value is -0.795. The van der Waals surface area contributed by atoms with E-state index in [0.717, 1.165) is 25.1 Å². The second-order valence-corrected chi connectivity index (χ2v) is 4.25. The van der Waals surface area contributed by atoms with Crippen molar-refractivity contribution in [2.24, 2.45) is 0 Å². The largest absolute Gasteiger partial charge is 0.493 e. The number of hydrogen-bond acceptors (Lipinski definition) is 2. The van der Waals surface area contributed by atoms with Crippen LogP contribution in [0.25, 0.3) is 0 Å². The number of rotatable bonds is 2. The van der Waals surface area contributed by atoms with E-state index in [2.05, 4.69) is 38.1 Å². The van der Waals surface area contributed by atoms with Crippen molar-refractivity contribution >= 4 is 12.6 Å². The normalized spacial score (nSPS) is 17.1. The zero-order valence-electron chi connectivity index (χ0n) is 9.40. The zero-order chi connectivity index (χ0) is 10.7. The Kier molecular flexibility index (Phi) is 3.44. The van der Waals surface area contributed by atoms with Crippen LogP contribution in [0.3, 0.4) is 0 Å². The zero-order valence-corrected chi connectivity index (χ0v) is 9.40. The highest BCUT2D eigenvalue weighted by Crippen LogP contribution is 2.12. The van der Waals surface area contributed by atoms with Gasteiger partial charge in [-0.2, -0.15) is 0 Å². The van der Waals surface area contributed by atoms with Gasteiger partial charge in [0.1, 0.15) is 0 Å². The lowest BCUT2D eigenvalue weighted by Crippen LogP contribution is -2.40. The topological polar surface area (TPSA) is 18.5 Å². The van der Waals surface area contributed by atoms with Crippen LogP contribution in [0, 0.1) is 0 Å². The molecular weight excluding hydrogens is 187 g/mol. The minimum atomic E-state index is -0.153. The molecule has 15 heavy (non-hydrogen) atoms. The predicted octanol–water partition coefficient (Wildman–Crippen LogP) is 1.94. The fourth-order valence-electron chi connectivity index (χ4n) is 1.72. The molecule has 2 rings (SSSR count). The summed E-state index contributed by atoms with van der Waals surface area (Å²) in [7, 11) is -0.153. The summed E-state index contributed by atoms with van der Waals surface area (Å²) in [6, 6.07) is 8.51. The molecule has 0 aromatic heterocycles. The van der Waals surface area contributed by atoms with Crippen LogP contribution < -0.4 is 5.46 Å². The van der Waals surface area contributed by atoms with Crippen molar-refractivity contribution in [3.8, 4) is 0 Å². The van der Waals surface area contributed by atoms with Gasteiger partial charge in [-0.3, -0.25) is 0 Å². The van der Waals surface area contributed by atoms with Gasteiger partial charge in [0.25, 0.3) is 0 Å². The highest BCUT2D eigenvalue weighted by atomic mass is 16.6.